The highest BCUT2D eigenvalue weighted by molar-refractivity contribution is 5.93. The molecule has 3 heteroatoms. The molecule has 0 fully saturated rings. The Hall–Kier alpha value is -2.94. The van der Waals surface area contributed by atoms with Crippen LogP contribution in [0.4, 0.5) is 5.82 Å². The molecule has 2 aromatic carbocycles. The van der Waals surface area contributed by atoms with Crippen molar-refractivity contribution in [3.8, 4) is 0 Å². The summed E-state index contributed by atoms with van der Waals surface area (Å²) in [6.07, 6.45) is 2.56. The van der Waals surface area contributed by atoms with Gasteiger partial charge in [0, 0.05) is 18.0 Å². The molecule has 3 nitrogen and oxygen atoms in total. The summed E-state index contributed by atoms with van der Waals surface area (Å²) in [5.74, 6) is 1.06. The zero-order valence-corrected chi connectivity index (χ0v) is 13.7. The second-order valence-corrected chi connectivity index (χ2v) is 6.83. The van der Waals surface area contributed by atoms with Gasteiger partial charge in [-0.05, 0) is 40.8 Å². The largest absolute Gasteiger partial charge is 0.310 e. The predicted molar refractivity (Wildman–Crippen MR) is 97.5 cm³/mol. The van der Waals surface area contributed by atoms with Crippen LogP contribution in [-0.4, -0.2) is 10.9 Å². The van der Waals surface area contributed by atoms with Gasteiger partial charge in [0.1, 0.15) is 5.82 Å². The van der Waals surface area contributed by atoms with Crippen molar-refractivity contribution in [2.24, 2.45) is 5.92 Å². The zero-order chi connectivity index (χ0) is 16.8. The number of rotatable bonds is 2. The van der Waals surface area contributed by atoms with Crippen LogP contribution in [-0.2, 0) is 4.79 Å². The Morgan fingerprint density at radius 1 is 0.840 bits per heavy atom. The van der Waals surface area contributed by atoms with E-state index in [4.69, 9.17) is 0 Å². The van der Waals surface area contributed by atoms with E-state index in [2.05, 4.69) is 58.8 Å². The van der Waals surface area contributed by atoms with Crippen molar-refractivity contribution in [3.63, 3.8) is 0 Å². The lowest BCUT2D eigenvalue weighted by atomic mass is 9.59. The van der Waals surface area contributed by atoms with Crippen LogP contribution in [0.15, 0.2) is 72.9 Å². The van der Waals surface area contributed by atoms with E-state index in [0.29, 0.717) is 11.7 Å². The minimum Gasteiger partial charge on any atom is -0.310 e. The van der Waals surface area contributed by atoms with Crippen LogP contribution in [0.2, 0.25) is 0 Å². The quantitative estimate of drug-likeness (QED) is 0.762. The molecular formula is C22H18N2O. The first kappa shape index (κ1) is 14.4. The number of hydrogen-bond acceptors (Lipinski definition) is 2. The lowest BCUT2D eigenvalue weighted by Gasteiger charge is -2.44. The van der Waals surface area contributed by atoms with Gasteiger partial charge in [0.25, 0.3) is 0 Å². The number of carbonyl (C=O) groups is 1. The Bertz CT molecular complexity index is 904. The van der Waals surface area contributed by atoms with Gasteiger partial charge in [-0.25, -0.2) is 4.98 Å². The normalized spacial score (nSPS) is 22.8. The molecule has 0 spiro atoms. The molecular weight excluding hydrogens is 308 g/mol. The summed E-state index contributed by atoms with van der Waals surface area (Å²) in [7, 11) is 0. The van der Waals surface area contributed by atoms with Crippen molar-refractivity contribution >= 4 is 11.7 Å². The molecule has 3 aliphatic rings. The second kappa shape index (κ2) is 5.55. The van der Waals surface area contributed by atoms with E-state index in [-0.39, 0.29) is 17.7 Å². The Morgan fingerprint density at radius 2 is 1.44 bits per heavy atom. The summed E-state index contributed by atoms with van der Waals surface area (Å²) in [6.45, 7) is 0. The first-order valence-corrected chi connectivity index (χ1v) is 8.72. The fourth-order valence-electron chi connectivity index (χ4n) is 4.55. The maximum Gasteiger partial charge on any atom is 0.229 e. The summed E-state index contributed by atoms with van der Waals surface area (Å²) >= 11 is 0. The number of aromatic nitrogens is 1. The number of fused-ring (bicyclic) bond motifs is 1. The molecule has 3 aliphatic carbocycles. The van der Waals surface area contributed by atoms with E-state index in [1.807, 2.05) is 18.2 Å². The molecule has 0 radical (unpaired) electrons. The van der Waals surface area contributed by atoms with Gasteiger partial charge in [0.15, 0.2) is 0 Å². The minimum atomic E-state index is -0.0585. The third-order valence-corrected chi connectivity index (χ3v) is 5.56. The number of nitrogens with one attached hydrogen (secondary N) is 1. The summed E-state index contributed by atoms with van der Waals surface area (Å²) in [5, 5.41) is 3.01. The summed E-state index contributed by atoms with van der Waals surface area (Å²) in [5.41, 5.74) is 5.37. The van der Waals surface area contributed by atoms with Crippen molar-refractivity contribution < 1.29 is 4.79 Å². The molecule has 1 N–H and O–H groups in total. The molecule has 6 rings (SSSR count). The van der Waals surface area contributed by atoms with Crippen molar-refractivity contribution in [2.45, 2.75) is 18.3 Å². The van der Waals surface area contributed by atoms with Gasteiger partial charge in [-0.1, -0.05) is 54.6 Å². The van der Waals surface area contributed by atoms with Crippen LogP contribution >= 0.6 is 0 Å². The number of amides is 1. The maximum atomic E-state index is 13.0. The Labute approximate surface area is 146 Å². The van der Waals surface area contributed by atoms with Gasteiger partial charge in [-0.3, -0.25) is 4.79 Å². The van der Waals surface area contributed by atoms with Gasteiger partial charge >= 0.3 is 0 Å². The molecule has 2 bridgehead atoms. The molecule has 0 aliphatic heterocycles. The van der Waals surface area contributed by atoms with Crippen molar-refractivity contribution in [3.05, 3.63) is 95.2 Å². The van der Waals surface area contributed by atoms with E-state index in [1.165, 1.54) is 22.3 Å². The molecule has 3 aromatic rings. The van der Waals surface area contributed by atoms with Gasteiger partial charge in [-0.2, -0.15) is 0 Å². The van der Waals surface area contributed by atoms with E-state index < -0.39 is 0 Å². The highest BCUT2D eigenvalue weighted by Crippen LogP contribution is 2.55. The monoisotopic (exact) mass is 326 g/mol. The van der Waals surface area contributed by atoms with Crippen LogP contribution in [0.5, 0.6) is 0 Å². The third-order valence-electron chi connectivity index (χ3n) is 5.56. The average Bonchev–Trinajstić information content (AvgIpc) is 2.69. The maximum absolute atomic E-state index is 13.0. The Morgan fingerprint density at radius 3 is 2.04 bits per heavy atom. The van der Waals surface area contributed by atoms with Gasteiger partial charge in [0.2, 0.25) is 5.91 Å². The van der Waals surface area contributed by atoms with Gasteiger partial charge in [-0.15, -0.1) is 0 Å². The highest BCUT2D eigenvalue weighted by atomic mass is 16.2. The number of benzene rings is 2. The molecule has 1 atom stereocenters. The Kier molecular flexibility index (Phi) is 3.20. The topological polar surface area (TPSA) is 42.0 Å². The number of anilines is 1. The smallest absolute Gasteiger partial charge is 0.229 e. The van der Waals surface area contributed by atoms with E-state index in [1.54, 1.807) is 6.20 Å². The lowest BCUT2D eigenvalue weighted by Crippen LogP contribution is -2.38. The molecule has 0 saturated heterocycles. The second-order valence-electron chi connectivity index (χ2n) is 6.83. The fourth-order valence-corrected chi connectivity index (χ4v) is 4.55. The fraction of sp³-hybridized carbons (Fsp3) is 0.182. The van der Waals surface area contributed by atoms with Gasteiger partial charge in [0.05, 0.1) is 5.92 Å². The summed E-state index contributed by atoms with van der Waals surface area (Å²) in [4.78, 5) is 17.3. The third kappa shape index (κ3) is 2.19. The van der Waals surface area contributed by atoms with E-state index >= 15 is 0 Å². The number of nitrogens with zero attached hydrogens (tertiary/aromatic N) is 1. The molecule has 0 unspecified atom stereocenters. The molecule has 1 amide bonds. The van der Waals surface area contributed by atoms with E-state index in [9.17, 15) is 4.79 Å². The van der Waals surface area contributed by atoms with Crippen LogP contribution in [0.1, 0.15) is 40.5 Å². The lowest BCUT2D eigenvalue weighted by molar-refractivity contribution is -0.121. The van der Waals surface area contributed by atoms with Crippen molar-refractivity contribution in [1.29, 1.82) is 0 Å². The average molecular weight is 326 g/mol. The molecule has 1 aromatic heterocycles. The van der Waals surface area contributed by atoms with Crippen LogP contribution in [0.25, 0.3) is 0 Å². The molecule has 122 valence electrons. The van der Waals surface area contributed by atoms with E-state index in [0.717, 1.165) is 6.42 Å². The van der Waals surface area contributed by atoms with Crippen LogP contribution in [0, 0.1) is 5.92 Å². The standard InChI is InChI=1S/C22H18N2O/c25-22(24-20-11-5-6-12-23-20)19-13-18-14-7-1-3-9-16(14)21(19)17-10-4-2-8-15(17)18/h1-12,18-19,21H,13H2,(H,23,24,25)/t18?,19-,21?/m0/s1. The van der Waals surface area contributed by atoms with Crippen LogP contribution in [0.3, 0.4) is 0 Å². The molecule has 25 heavy (non-hydrogen) atoms. The SMILES string of the molecule is O=C(Nc1ccccn1)[C@H]1CC2c3ccccc3C1c1ccccc12. The molecule has 1 heterocycles. The van der Waals surface area contributed by atoms with Crippen LogP contribution < -0.4 is 5.32 Å². The number of carbonyl (C=O) groups excluding carboxylic acids is 1. The van der Waals surface area contributed by atoms with Gasteiger partial charge < -0.3 is 5.32 Å². The summed E-state index contributed by atoms with van der Waals surface area (Å²) < 4.78 is 0. The predicted octanol–water partition coefficient (Wildman–Crippen LogP) is 4.32. The molecule has 0 saturated carbocycles. The summed E-state index contributed by atoms with van der Waals surface area (Å²) in [6, 6.07) is 22.7. The highest BCUT2D eigenvalue weighted by Gasteiger charge is 2.45. The minimum absolute atomic E-state index is 0.0585. The number of hydrogen-bond donors (Lipinski definition) is 1. The van der Waals surface area contributed by atoms with Crippen molar-refractivity contribution in [1.82, 2.24) is 4.98 Å². The first-order chi connectivity index (χ1) is 12.3. The zero-order valence-electron chi connectivity index (χ0n) is 13.7. The number of pyridine rings is 1. The first-order valence-electron chi connectivity index (χ1n) is 8.72. The van der Waals surface area contributed by atoms with Crippen molar-refractivity contribution in [2.75, 3.05) is 5.32 Å². The Balaban J connectivity index is 1.57.